The highest BCUT2D eigenvalue weighted by Gasteiger charge is 2.23. The summed E-state index contributed by atoms with van der Waals surface area (Å²) in [4.78, 5) is 37.6. The molecule has 1 aliphatic heterocycles. The molecule has 1 fully saturated rings. The van der Waals surface area contributed by atoms with Crippen molar-refractivity contribution in [3.63, 3.8) is 0 Å². The maximum Gasteiger partial charge on any atom is 0.225 e. The maximum atomic E-state index is 12.4. The van der Waals surface area contributed by atoms with Gasteiger partial charge in [-0.2, -0.15) is 0 Å². The third kappa shape index (κ3) is 6.17. The minimum atomic E-state index is -0.394. The largest absolute Gasteiger partial charge is 0.356 e. The van der Waals surface area contributed by atoms with Crippen molar-refractivity contribution >= 4 is 17.6 Å². The third-order valence-electron chi connectivity index (χ3n) is 4.86. The summed E-state index contributed by atoms with van der Waals surface area (Å²) in [7, 11) is 0. The van der Waals surface area contributed by atoms with Crippen LogP contribution in [0.5, 0.6) is 0 Å². The Morgan fingerprint density at radius 3 is 2.36 bits per heavy atom. The molecule has 156 valence electrons. The molecule has 7 nitrogen and oxygen atoms in total. The summed E-state index contributed by atoms with van der Waals surface area (Å²) < 4.78 is 0. The molecular weight excluding hydrogens is 354 g/mol. The van der Waals surface area contributed by atoms with Crippen molar-refractivity contribution in [2.75, 3.05) is 37.6 Å². The second-order valence-corrected chi connectivity index (χ2v) is 8.86. The van der Waals surface area contributed by atoms with Crippen molar-refractivity contribution in [3.05, 3.63) is 17.6 Å². The number of nitrogens with one attached hydrogen (secondary N) is 1. The molecule has 0 atom stereocenters. The van der Waals surface area contributed by atoms with E-state index in [4.69, 9.17) is 4.98 Å². The fourth-order valence-corrected chi connectivity index (χ4v) is 3.04. The van der Waals surface area contributed by atoms with Gasteiger partial charge in [0.1, 0.15) is 11.6 Å². The van der Waals surface area contributed by atoms with E-state index in [0.717, 1.165) is 30.4 Å². The Kier molecular flexibility index (Phi) is 7.38. The average molecular weight is 390 g/mol. The summed E-state index contributed by atoms with van der Waals surface area (Å²) in [5.74, 6) is 2.29. The van der Waals surface area contributed by atoms with Crippen LogP contribution in [-0.2, 0) is 9.59 Å². The van der Waals surface area contributed by atoms with Gasteiger partial charge in [0.15, 0.2) is 0 Å². The monoisotopic (exact) mass is 389 g/mol. The highest BCUT2D eigenvalue weighted by molar-refractivity contribution is 5.81. The van der Waals surface area contributed by atoms with Crippen molar-refractivity contribution in [1.29, 1.82) is 0 Å². The molecule has 0 aliphatic carbocycles. The van der Waals surface area contributed by atoms with Crippen molar-refractivity contribution in [1.82, 2.24) is 20.2 Å². The van der Waals surface area contributed by atoms with E-state index in [9.17, 15) is 9.59 Å². The second-order valence-electron chi connectivity index (χ2n) is 8.86. The molecule has 2 heterocycles. The van der Waals surface area contributed by atoms with Crippen LogP contribution in [0.1, 0.15) is 64.9 Å². The zero-order chi connectivity index (χ0) is 20.9. The number of aryl methyl sites for hydroxylation is 1. The summed E-state index contributed by atoms with van der Waals surface area (Å²) in [5, 5.41) is 2.90. The lowest BCUT2D eigenvalue weighted by molar-refractivity contribution is -0.132. The molecule has 1 aliphatic rings. The van der Waals surface area contributed by atoms with E-state index in [1.807, 2.05) is 38.7 Å². The predicted molar refractivity (Wildman–Crippen MR) is 111 cm³/mol. The Morgan fingerprint density at radius 2 is 1.79 bits per heavy atom. The molecule has 2 rings (SSSR count). The van der Waals surface area contributed by atoms with Crippen molar-refractivity contribution in [2.24, 2.45) is 5.41 Å². The van der Waals surface area contributed by atoms with Gasteiger partial charge in [-0.05, 0) is 13.3 Å². The van der Waals surface area contributed by atoms with Gasteiger partial charge in [0.05, 0.1) is 0 Å². The average Bonchev–Trinajstić information content (AvgIpc) is 2.63. The number of rotatable bonds is 6. The highest BCUT2D eigenvalue weighted by Crippen LogP contribution is 2.19. The lowest BCUT2D eigenvalue weighted by Crippen LogP contribution is -2.49. The van der Waals surface area contributed by atoms with Crippen LogP contribution in [-0.4, -0.2) is 59.4 Å². The van der Waals surface area contributed by atoms with E-state index in [0.29, 0.717) is 38.4 Å². The van der Waals surface area contributed by atoms with Crippen LogP contribution in [0.2, 0.25) is 0 Å². The van der Waals surface area contributed by atoms with Gasteiger partial charge in [-0.25, -0.2) is 9.97 Å². The van der Waals surface area contributed by atoms with Crippen molar-refractivity contribution < 1.29 is 9.59 Å². The molecule has 1 N–H and O–H groups in total. The fourth-order valence-electron chi connectivity index (χ4n) is 3.04. The van der Waals surface area contributed by atoms with Gasteiger partial charge >= 0.3 is 0 Å². The Labute approximate surface area is 168 Å². The molecule has 1 aromatic rings. The zero-order valence-corrected chi connectivity index (χ0v) is 18.2. The molecule has 28 heavy (non-hydrogen) atoms. The van der Waals surface area contributed by atoms with Crippen LogP contribution in [0.15, 0.2) is 6.07 Å². The van der Waals surface area contributed by atoms with Gasteiger partial charge in [0.2, 0.25) is 11.8 Å². The predicted octanol–water partition coefficient (Wildman–Crippen LogP) is 2.50. The van der Waals surface area contributed by atoms with E-state index in [1.54, 1.807) is 0 Å². The van der Waals surface area contributed by atoms with Crippen molar-refractivity contribution in [2.45, 2.75) is 60.3 Å². The van der Waals surface area contributed by atoms with Gasteiger partial charge in [-0.15, -0.1) is 0 Å². The van der Waals surface area contributed by atoms with Crippen LogP contribution in [0, 0.1) is 12.3 Å². The Bertz CT molecular complexity index is 689. The van der Waals surface area contributed by atoms with E-state index in [2.05, 4.69) is 29.0 Å². The molecule has 1 aromatic heterocycles. The number of piperazine rings is 1. The molecule has 1 saturated heterocycles. The minimum absolute atomic E-state index is 0.0227. The third-order valence-corrected chi connectivity index (χ3v) is 4.86. The first kappa shape index (κ1) is 22.1. The number of hydrogen-bond donors (Lipinski definition) is 1. The summed E-state index contributed by atoms with van der Waals surface area (Å²) in [5.41, 5.74) is 0.583. The lowest BCUT2D eigenvalue weighted by atomic mass is 9.96. The summed E-state index contributed by atoms with van der Waals surface area (Å²) in [6.45, 7) is 15.3. The number of anilines is 1. The molecule has 0 spiro atoms. The smallest absolute Gasteiger partial charge is 0.225 e. The quantitative estimate of drug-likeness (QED) is 0.757. The molecule has 0 radical (unpaired) electrons. The number of carbonyl (C=O) groups excluding carboxylic acids is 2. The van der Waals surface area contributed by atoms with Crippen molar-refractivity contribution in [3.8, 4) is 0 Å². The van der Waals surface area contributed by atoms with Gasteiger partial charge in [0.25, 0.3) is 0 Å². The number of hydrogen-bond acceptors (Lipinski definition) is 5. The number of aromatic nitrogens is 2. The minimum Gasteiger partial charge on any atom is -0.356 e. The number of nitrogens with zero attached hydrogens (tertiary/aromatic N) is 4. The van der Waals surface area contributed by atoms with E-state index >= 15 is 0 Å². The molecule has 0 saturated carbocycles. The van der Waals surface area contributed by atoms with Gasteiger partial charge in [-0.3, -0.25) is 9.59 Å². The van der Waals surface area contributed by atoms with E-state index < -0.39 is 5.41 Å². The summed E-state index contributed by atoms with van der Waals surface area (Å²) >= 11 is 0. The molecule has 7 heteroatoms. The lowest BCUT2D eigenvalue weighted by Gasteiger charge is -2.35. The van der Waals surface area contributed by atoms with Crippen LogP contribution >= 0.6 is 0 Å². The normalized spacial score (nSPS) is 15.1. The Morgan fingerprint density at radius 1 is 1.14 bits per heavy atom. The molecular formula is C21H35N5O2. The van der Waals surface area contributed by atoms with Gasteiger partial charge in [-0.1, -0.05) is 34.6 Å². The summed E-state index contributed by atoms with van der Waals surface area (Å²) in [6, 6.07) is 2.02. The Hall–Kier alpha value is -2.18. The standard InChI is InChI=1S/C21H35N5O2/c1-15(2)19-23-16(3)14-17(24-19)25-10-12-26(13-11-25)18(27)8-7-9-22-20(28)21(4,5)6/h14-15H,7-13H2,1-6H3,(H,22,28). The first-order chi connectivity index (χ1) is 13.1. The SMILES string of the molecule is Cc1cc(N2CCN(C(=O)CCCNC(=O)C(C)(C)C)CC2)nc(C(C)C)n1. The van der Waals surface area contributed by atoms with Crippen LogP contribution in [0.25, 0.3) is 0 Å². The second kappa shape index (κ2) is 9.34. The molecule has 2 amide bonds. The van der Waals surface area contributed by atoms with Crippen LogP contribution in [0.4, 0.5) is 5.82 Å². The fraction of sp³-hybridized carbons (Fsp3) is 0.714. The summed E-state index contributed by atoms with van der Waals surface area (Å²) in [6.07, 6.45) is 1.14. The molecule has 0 aromatic carbocycles. The Balaban J connectivity index is 1.79. The number of amides is 2. The van der Waals surface area contributed by atoms with E-state index in [-0.39, 0.29) is 11.8 Å². The highest BCUT2D eigenvalue weighted by atomic mass is 16.2. The molecule has 0 unspecified atom stereocenters. The van der Waals surface area contributed by atoms with Gasteiger partial charge in [0, 0.05) is 62.2 Å². The maximum absolute atomic E-state index is 12.4. The molecule has 0 bridgehead atoms. The van der Waals surface area contributed by atoms with Gasteiger partial charge < -0.3 is 15.1 Å². The zero-order valence-electron chi connectivity index (χ0n) is 18.2. The first-order valence-electron chi connectivity index (χ1n) is 10.2. The van der Waals surface area contributed by atoms with E-state index in [1.165, 1.54) is 0 Å². The van der Waals surface area contributed by atoms with Crippen LogP contribution < -0.4 is 10.2 Å². The van der Waals surface area contributed by atoms with Crippen LogP contribution in [0.3, 0.4) is 0 Å². The first-order valence-corrected chi connectivity index (χ1v) is 10.2. The number of carbonyl (C=O) groups is 2. The topological polar surface area (TPSA) is 78.4 Å².